The predicted molar refractivity (Wildman–Crippen MR) is 95.7 cm³/mol. The van der Waals surface area contributed by atoms with Crippen molar-refractivity contribution in [2.75, 3.05) is 0 Å². The average Bonchev–Trinajstić information content (AvgIpc) is 2.59. The fourth-order valence-corrected chi connectivity index (χ4v) is 2.31. The van der Waals surface area contributed by atoms with Crippen molar-refractivity contribution in [1.29, 1.82) is 0 Å². The molecular formula is C20H24N2O2. The van der Waals surface area contributed by atoms with Gasteiger partial charge in [0.1, 0.15) is 0 Å². The zero-order chi connectivity index (χ0) is 17.4. The molecule has 2 amide bonds. The van der Waals surface area contributed by atoms with E-state index in [1.807, 2.05) is 56.3 Å². The Morgan fingerprint density at radius 1 is 0.917 bits per heavy atom. The molecule has 0 aromatic heterocycles. The Morgan fingerprint density at radius 3 is 2.21 bits per heavy atom. The third kappa shape index (κ3) is 5.88. The van der Waals surface area contributed by atoms with Crippen LogP contribution >= 0.6 is 0 Å². The summed E-state index contributed by atoms with van der Waals surface area (Å²) in [5.41, 5.74) is 2.76. The largest absolute Gasteiger partial charge is 0.352 e. The lowest BCUT2D eigenvalue weighted by Crippen LogP contribution is -2.30. The first kappa shape index (κ1) is 17.7. The number of benzene rings is 2. The van der Waals surface area contributed by atoms with Crippen LogP contribution in [-0.4, -0.2) is 17.9 Å². The van der Waals surface area contributed by atoms with Crippen LogP contribution in [0.5, 0.6) is 0 Å². The summed E-state index contributed by atoms with van der Waals surface area (Å²) in [4.78, 5) is 23.8. The van der Waals surface area contributed by atoms with E-state index in [-0.39, 0.29) is 17.9 Å². The van der Waals surface area contributed by atoms with Gasteiger partial charge < -0.3 is 10.6 Å². The van der Waals surface area contributed by atoms with Crippen LogP contribution in [0, 0.1) is 0 Å². The van der Waals surface area contributed by atoms with E-state index < -0.39 is 0 Å². The Hall–Kier alpha value is -2.62. The Balaban J connectivity index is 1.77. The fourth-order valence-electron chi connectivity index (χ4n) is 2.31. The molecule has 2 aromatic carbocycles. The number of nitrogens with one attached hydrogen (secondary N) is 2. The molecule has 0 saturated carbocycles. The zero-order valence-electron chi connectivity index (χ0n) is 14.2. The third-order valence-corrected chi connectivity index (χ3v) is 3.61. The van der Waals surface area contributed by atoms with Crippen LogP contribution in [0.3, 0.4) is 0 Å². The summed E-state index contributed by atoms with van der Waals surface area (Å²) in [7, 11) is 0. The molecule has 0 bridgehead atoms. The lowest BCUT2D eigenvalue weighted by Gasteiger charge is -2.09. The Labute approximate surface area is 143 Å². The maximum atomic E-state index is 11.9. The van der Waals surface area contributed by atoms with Crippen molar-refractivity contribution in [1.82, 2.24) is 10.6 Å². The summed E-state index contributed by atoms with van der Waals surface area (Å²) in [6.45, 7) is 4.33. The molecule has 0 aliphatic carbocycles. The topological polar surface area (TPSA) is 58.2 Å². The molecule has 2 N–H and O–H groups in total. The molecule has 4 heteroatoms. The van der Waals surface area contributed by atoms with Gasteiger partial charge in [-0.25, -0.2) is 0 Å². The molecule has 0 aliphatic rings. The Morgan fingerprint density at radius 2 is 1.58 bits per heavy atom. The molecule has 0 aliphatic heterocycles. The van der Waals surface area contributed by atoms with Crippen LogP contribution < -0.4 is 10.6 Å². The number of hydrogen-bond acceptors (Lipinski definition) is 2. The van der Waals surface area contributed by atoms with Gasteiger partial charge in [0, 0.05) is 24.6 Å². The zero-order valence-corrected chi connectivity index (χ0v) is 14.2. The first-order valence-corrected chi connectivity index (χ1v) is 8.25. The summed E-state index contributed by atoms with van der Waals surface area (Å²) < 4.78 is 0. The van der Waals surface area contributed by atoms with Crippen LogP contribution in [0.15, 0.2) is 54.6 Å². The lowest BCUT2D eigenvalue weighted by atomic mass is 10.1. The minimum absolute atomic E-state index is 0.0282. The van der Waals surface area contributed by atoms with Crippen LogP contribution in [0.4, 0.5) is 0 Å². The van der Waals surface area contributed by atoms with Crippen molar-refractivity contribution >= 4 is 11.8 Å². The van der Waals surface area contributed by atoms with Crippen LogP contribution in [0.25, 0.3) is 0 Å². The smallest absolute Gasteiger partial charge is 0.251 e. The van der Waals surface area contributed by atoms with Crippen LogP contribution in [0.2, 0.25) is 0 Å². The number of aryl methyl sites for hydroxylation is 1. The number of carbonyl (C=O) groups is 2. The Bertz CT molecular complexity index is 664. The van der Waals surface area contributed by atoms with Gasteiger partial charge in [-0.2, -0.15) is 0 Å². The SMILES string of the molecule is CC(C)NC(=O)c1ccc(CNC(=O)CCc2ccccc2)cc1. The average molecular weight is 324 g/mol. The van der Waals surface area contributed by atoms with Crippen LogP contribution in [-0.2, 0) is 17.8 Å². The highest BCUT2D eigenvalue weighted by Gasteiger charge is 2.07. The van der Waals surface area contributed by atoms with E-state index >= 15 is 0 Å². The van der Waals surface area contributed by atoms with Gasteiger partial charge >= 0.3 is 0 Å². The molecule has 4 nitrogen and oxygen atoms in total. The molecule has 2 aromatic rings. The summed E-state index contributed by atoms with van der Waals surface area (Å²) in [6, 6.07) is 17.4. The van der Waals surface area contributed by atoms with Gasteiger partial charge in [0.15, 0.2) is 0 Å². The maximum absolute atomic E-state index is 11.9. The van der Waals surface area contributed by atoms with Crippen molar-refractivity contribution in [3.8, 4) is 0 Å². The molecule has 2 rings (SSSR count). The van der Waals surface area contributed by atoms with Gasteiger partial charge in [-0.05, 0) is 43.5 Å². The summed E-state index contributed by atoms with van der Waals surface area (Å²) in [5.74, 6) is -0.0519. The number of carbonyl (C=O) groups excluding carboxylic acids is 2. The minimum atomic E-state index is -0.0801. The van der Waals surface area contributed by atoms with Crippen molar-refractivity contribution in [2.24, 2.45) is 0 Å². The number of amides is 2. The molecule has 0 atom stereocenters. The lowest BCUT2D eigenvalue weighted by molar-refractivity contribution is -0.121. The van der Waals surface area contributed by atoms with E-state index in [9.17, 15) is 9.59 Å². The second-order valence-electron chi connectivity index (χ2n) is 6.09. The van der Waals surface area contributed by atoms with Crippen molar-refractivity contribution in [2.45, 2.75) is 39.3 Å². The monoisotopic (exact) mass is 324 g/mol. The van der Waals surface area contributed by atoms with E-state index in [2.05, 4.69) is 10.6 Å². The summed E-state index contributed by atoms with van der Waals surface area (Å²) in [5, 5.41) is 5.76. The summed E-state index contributed by atoms with van der Waals surface area (Å²) >= 11 is 0. The quantitative estimate of drug-likeness (QED) is 0.822. The molecular weight excluding hydrogens is 300 g/mol. The first-order chi connectivity index (χ1) is 11.5. The number of hydrogen-bond donors (Lipinski definition) is 2. The Kier molecular flexibility index (Phi) is 6.55. The normalized spacial score (nSPS) is 10.5. The molecule has 0 spiro atoms. The fraction of sp³-hybridized carbons (Fsp3) is 0.300. The van der Waals surface area contributed by atoms with Gasteiger partial charge in [-0.15, -0.1) is 0 Å². The highest BCUT2D eigenvalue weighted by Crippen LogP contribution is 2.06. The molecule has 24 heavy (non-hydrogen) atoms. The van der Waals surface area contributed by atoms with E-state index in [1.54, 1.807) is 12.1 Å². The van der Waals surface area contributed by atoms with Gasteiger partial charge in [-0.3, -0.25) is 9.59 Å². The second-order valence-corrected chi connectivity index (χ2v) is 6.09. The highest BCUT2D eigenvalue weighted by atomic mass is 16.2. The minimum Gasteiger partial charge on any atom is -0.352 e. The molecule has 0 radical (unpaired) electrons. The summed E-state index contributed by atoms with van der Waals surface area (Å²) in [6.07, 6.45) is 1.21. The third-order valence-electron chi connectivity index (χ3n) is 3.61. The van der Waals surface area contributed by atoms with Crippen molar-refractivity contribution in [3.63, 3.8) is 0 Å². The van der Waals surface area contributed by atoms with Gasteiger partial charge in [0.2, 0.25) is 5.91 Å². The van der Waals surface area contributed by atoms with Crippen LogP contribution in [0.1, 0.15) is 41.8 Å². The van der Waals surface area contributed by atoms with Crippen molar-refractivity contribution < 1.29 is 9.59 Å². The van der Waals surface area contributed by atoms with Gasteiger partial charge in [0.25, 0.3) is 5.91 Å². The maximum Gasteiger partial charge on any atom is 0.251 e. The first-order valence-electron chi connectivity index (χ1n) is 8.25. The van der Waals surface area contributed by atoms with E-state index in [1.165, 1.54) is 0 Å². The molecule has 126 valence electrons. The molecule has 0 heterocycles. The molecule has 0 saturated heterocycles. The second kappa shape index (κ2) is 8.87. The van der Waals surface area contributed by atoms with Crippen molar-refractivity contribution in [3.05, 3.63) is 71.3 Å². The molecule has 0 fully saturated rings. The molecule has 0 unspecified atom stereocenters. The van der Waals surface area contributed by atoms with E-state index in [0.717, 1.165) is 17.5 Å². The van der Waals surface area contributed by atoms with Gasteiger partial charge in [-0.1, -0.05) is 42.5 Å². The standard InChI is InChI=1S/C20H24N2O2/c1-15(2)22-20(24)18-11-8-17(9-12-18)14-21-19(23)13-10-16-6-4-3-5-7-16/h3-9,11-12,15H,10,13-14H2,1-2H3,(H,21,23)(H,22,24). The highest BCUT2D eigenvalue weighted by molar-refractivity contribution is 5.94. The number of rotatable bonds is 7. The van der Waals surface area contributed by atoms with E-state index in [4.69, 9.17) is 0 Å². The van der Waals surface area contributed by atoms with Gasteiger partial charge in [0.05, 0.1) is 0 Å². The van der Waals surface area contributed by atoms with E-state index in [0.29, 0.717) is 18.5 Å². The predicted octanol–water partition coefficient (Wildman–Crippen LogP) is 3.07.